The number of nitrogens with zero attached hydrogens (tertiary/aromatic N) is 1. The molecule has 1 aromatic carbocycles. The SMILES string of the molecule is COc1ccc(NCc2ccoc2)c([N+](=O)[O-])c1. The number of ether oxygens (including phenoxy) is 1. The zero-order chi connectivity index (χ0) is 13.0. The molecule has 2 aromatic rings. The molecule has 0 amide bonds. The van der Waals surface area contributed by atoms with Crippen LogP contribution in [0.4, 0.5) is 11.4 Å². The first-order chi connectivity index (χ1) is 8.70. The number of nitrogens with one attached hydrogen (secondary N) is 1. The maximum atomic E-state index is 10.9. The smallest absolute Gasteiger partial charge is 0.296 e. The Morgan fingerprint density at radius 2 is 2.28 bits per heavy atom. The molecule has 0 radical (unpaired) electrons. The molecule has 0 saturated carbocycles. The van der Waals surface area contributed by atoms with E-state index in [1.165, 1.54) is 13.2 Å². The second-order valence-corrected chi connectivity index (χ2v) is 3.63. The predicted octanol–water partition coefficient (Wildman–Crippen LogP) is 2.81. The summed E-state index contributed by atoms with van der Waals surface area (Å²) in [6.07, 6.45) is 3.14. The van der Waals surface area contributed by atoms with Gasteiger partial charge in [-0.05, 0) is 18.2 Å². The van der Waals surface area contributed by atoms with Crippen LogP contribution in [0.3, 0.4) is 0 Å². The third-order valence-electron chi connectivity index (χ3n) is 2.46. The van der Waals surface area contributed by atoms with Gasteiger partial charge in [0.25, 0.3) is 5.69 Å². The van der Waals surface area contributed by atoms with Crippen LogP contribution in [0, 0.1) is 10.1 Å². The van der Waals surface area contributed by atoms with Crippen LogP contribution < -0.4 is 10.1 Å². The Bertz CT molecular complexity index is 537. The van der Waals surface area contributed by atoms with Gasteiger partial charge < -0.3 is 14.5 Å². The van der Waals surface area contributed by atoms with E-state index in [1.54, 1.807) is 30.7 Å². The lowest BCUT2D eigenvalue weighted by atomic mass is 10.2. The van der Waals surface area contributed by atoms with E-state index in [2.05, 4.69) is 5.32 Å². The molecule has 0 bridgehead atoms. The molecule has 0 spiro atoms. The second-order valence-electron chi connectivity index (χ2n) is 3.63. The maximum Gasteiger partial charge on any atom is 0.296 e. The Labute approximate surface area is 103 Å². The van der Waals surface area contributed by atoms with Gasteiger partial charge in [0.1, 0.15) is 11.4 Å². The molecule has 0 aliphatic heterocycles. The fourth-order valence-corrected chi connectivity index (χ4v) is 1.53. The van der Waals surface area contributed by atoms with Crippen molar-refractivity contribution in [1.82, 2.24) is 0 Å². The molecule has 0 unspecified atom stereocenters. The van der Waals surface area contributed by atoms with Gasteiger partial charge in [0, 0.05) is 12.1 Å². The Morgan fingerprint density at radius 1 is 1.44 bits per heavy atom. The van der Waals surface area contributed by atoms with Crippen molar-refractivity contribution in [1.29, 1.82) is 0 Å². The van der Waals surface area contributed by atoms with Gasteiger partial charge in [-0.2, -0.15) is 0 Å². The Hall–Kier alpha value is -2.50. The van der Waals surface area contributed by atoms with E-state index in [-0.39, 0.29) is 5.69 Å². The Balaban J connectivity index is 2.18. The highest BCUT2D eigenvalue weighted by Gasteiger charge is 2.14. The van der Waals surface area contributed by atoms with Crippen molar-refractivity contribution < 1.29 is 14.1 Å². The molecule has 6 nitrogen and oxygen atoms in total. The highest BCUT2D eigenvalue weighted by atomic mass is 16.6. The molecule has 0 saturated heterocycles. The zero-order valence-corrected chi connectivity index (χ0v) is 9.75. The third kappa shape index (κ3) is 2.60. The van der Waals surface area contributed by atoms with Crippen molar-refractivity contribution in [3.8, 4) is 5.75 Å². The molecular formula is C12H12N2O4. The molecule has 6 heteroatoms. The Morgan fingerprint density at radius 3 is 2.89 bits per heavy atom. The van der Waals surface area contributed by atoms with Crippen molar-refractivity contribution >= 4 is 11.4 Å². The summed E-state index contributed by atoms with van der Waals surface area (Å²) in [6.45, 7) is 0.462. The third-order valence-corrected chi connectivity index (χ3v) is 2.46. The maximum absolute atomic E-state index is 10.9. The summed E-state index contributed by atoms with van der Waals surface area (Å²) in [7, 11) is 1.47. The molecule has 0 aliphatic carbocycles. The second kappa shape index (κ2) is 5.22. The monoisotopic (exact) mass is 248 g/mol. The van der Waals surface area contributed by atoms with Crippen molar-refractivity contribution in [2.45, 2.75) is 6.54 Å². The minimum atomic E-state index is -0.444. The summed E-state index contributed by atoms with van der Waals surface area (Å²) < 4.78 is 9.89. The van der Waals surface area contributed by atoms with Crippen molar-refractivity contribution in [2.24, 2.45) is 0 Å². The molecule has 18 heavy (non-hydrogen) atoms. The zero-order valence-electron chi connectivity index (χ0n) is 9.75. The van der Waals surface area contributed by atoms with Crippen LogP contribution >= 0.6 is 0 Å². The number of hydrogen-bond acceptors (Lipinski definition) is 5. The number of benzene rings is 1. The van der Waals surface area contributed by atoms with Crippen molar-refractivity contribution in [2.75, 3.05) is 12.4 Å². The molecule has 1 heterocycles. The van der Waals surface area contributed by atoms with E-state index in [0.717, 1.165) is 5.56 Å². The van der Waals surface area contributed by atoms with E-state index in [0.29, 0.717) is 18.0 Å². The minimum Gasteiger partial charge on any atom is -0.496 e. The van der Waals surface area contributed by atoms with Crippen molar-refractivity contribution in [3.63, 3.8) is 0 Å². The molecule has 0 fully saturated rings. The number of nitro benzene ring substituents is 1. The summed E-state index contributed by atoms with van der Waals surface area (Å²) in [6, 6.07) is 6.47. The van der Waals surface area contributed by atoms with E-state index in [4.69, 9.17) is 9.15 Å². The lowest BCUT2D eigenvalue weighted by Crippen LogP contribution is -2.02. The van der Waals surface area contributed by atoms with Crippen LogP contribution in [-0.2, 0) is 6.54 Å². The average Bonchev–Trinajstić information content (AvgIpc) is 2.89. The van der Waals surface area contributed by atoms with Gasteiger partial charge in [0.05, 0.1) is 30.6 Å². The highest BCUT2D eigenvalue weighted by Crippen LogP contribution is 2.29. The summed E-state index contributed by atoms with van der Waals surface area (Å²) in [5.74, 6) is 0.454. The normalized spacial score (nSPS) is 10.1. The van der Waals surface area contributed by atoms with Crippen LogP contribution in [0.15, 0.2) is 41.2 Å². The van der Waals surface area contributed by atoms with E-state index >= 15 is 0 Å². The predicted molar refractivity (Wildman–Crippen MR) is 65.7 cm³/mol. The first-order valence-electron chi connectivity index (χ1n) is 5.28. The molecule has 2 rings (SSSR count). The van der Waals surface area contributed by atoms with Gasteiger partial charge in [-0.3, -0.25) is 10.1 Å². The quantitative estimate of drug-likeness (QED) is 0.650. The number of rotatable bonds is 5. The fraction of sp³-hybridized carbons (Fsp3) is 0.167. The van der Waals surface area contributed by atoms with Gasteiger partial charge in [0.15, 0.2) is 0 Å². The van der Waals surface area contributed by atoms with Crippen LogP contribution in [0.5, 0.6) is 5.75 Å². The standard InChI is InChI=1S/C12H12N2O4/c1-17-10-2-3-11(12(6-10)14(15)16)13-7-9-4-5-18-8-9/h2-6,8,13H,7H2,1H3. The number of nitro groups is 1. The van der Waals surface area contributed by atoms with Gasteiger partial charge in [0.2, 0.25) is 0 Å². The molecule has 1 N–H and O–H groups in total. The first-order valence-corrected chi connectivity index (χ1v) is 5.28. The van der Waals surface area contributed by atoms with Crippen LogP contribution in [-0.4, -0.2) is 12.0 Å². The first kappa shape index (κ1) is 12.0. The lowest BCUT2D eigenvalue weighted by molar-refractivity contribution is -0.384. The molecule has 1 aromatic heterocycles. The number of furan rings is 1. The largest absolute Gasteiger partial charge is 0.496 e. The van der Waals surface area contributed by atoms with Crippen LogP contribution in [0.25, 0.3) is 0 Å². The molecule has 0 atom stereocenters. The van der Waals surface area contributed by atoms with E-state index < -0.39 is 4.92 Å². The van der Waals surface area contributed by atoms with Crippen molar-refractivity contribution in [3.05, 3.63) is 52.5 Å². The van der Waals surface area contributed by atoms with Gasteiger partial charge >= 0.3 is 0 Å². The summed E-state index contributed by atoms with van der Waals surface area (Å²) in [5.41, 5.74) is 1.35. The summed E-state index contributed by atoms with van der Waals surface area (Å²) >= 11 is 0. The number of anilines is 1. The molecule has 94 valence electrons. The van der Waals surface area contributed by atoms with Crippen LogP contribution in [0.2, 0.25) is 0 Å². The lowest BCUT2D eigenvalue weighted by Gasteiger charge is -2.07. The topological polar surface area (TPSA) is 77.5 Å². The van der Waals surface area contributed by atoms with Crippen LogP contribution in [0.1, 0.15) is 5.56 Å². The molecular weight excluding hydrogens is 236 g/mol. The van der Waals surface area contributed by atoms with E-state index in [1.807, 2.05) is 0 Å². The number of hydrogen-bond donors (Lipinski definition) is 1. The van der Waals surface area contributed by atoms with E-state index in [9.17, 15) is 10.1 Å². The average molecular weight is 248 g/mol. The molecule has 0 aliphatic rings. The van der Waals surface area contributed by atoms with Gasteiger partial charge in [-0.25, -0.2) is 0 Å². The summed E-state index contributed by atoms with van der Waals surface area (Å²) in [5, 5.41) is 13.9. The Kier molecular flexibility index (Phi) is 3.47. The van der Waals surface area contributed by atoms with Gasteiger partial charge in [-0.15, -0.1) is 0 Å². The fourth-order valence-electron chi connectivity index (χ4n) is 1.53. The number of methoxy groups -OCH3 is 1. The highest BCUT2D eigenvalue weighted by molar-refractivity contribution is 5.63. The van der Waals surface area contributed by atoms with Gasteiger partial charge in [-0.1, -0.05) is 0 Å². The summed E-state index contributed by atoms with van der Waals surface area (Å²) in [4.78, 5) is 10.5. The minimum absolute atomic E-state index is 0.0159.